The molecule has 0 aromatic heterocycles. The van der Waals surface area contributed by atoms with Crippen LogP contribution in [0, 0.1) is 5.92 Å². The van der Waals surface area contributed by atoms with Crippen LogP contribution in [0.3, 0.4) is 0 Å². The number of carbonyl (C=O) groups excluding carboxylic acids is 2. The summed E-state index contributed by atoms with van der Waals surface area (Å²) in [7, 11) is 0. The van der Waals surface area contributed by atoms with Gasteiger partial charge in [0.2, 0.25) is 11.8 Å². The van der Waals surface area contributed by atoms with Gasteiger partial charge < -0.3 is 14.5 Å². The molecule has 1 unspecified atom stereocenters. The molecule has 27 heavy (non-hydrogen) atoms. The fourth-order valence-electron chi connectivity index (χ4n) is 4.08. The van der Waals surface area contributed by atoms with E-state index in [9.17, 15) is 9.59 Å². The van der Waals surface area contributed by atoms with Crippen molar-refractivity contribution in [3.8, 4) is 0 Å². The lowest BCUT2D eigenvalue weighted by Gasteiger charge is -2.36. The number of hydrogen-bond acceptors (Lipinski definition) is 3. The Morgan fingerprint density at radius 2 is 1.74 bits per heavy atom. The molecule has 2 aromatic carbocycles. The van der Waals surface area contributed by atoms with Gasteiger partial charge in [-0.2, -0.15) is 0 Å². The fourth-order valence-corrected chi connectivity index (χ4v) is 4.08. The summed E-state index contributed by atoms with van der Waals surface area (Å²) in [6.45, 7) is 3.86. The van der Waals surface area contributed by atoms with E-state index in [1.165, 1.54) is 5.39 Å². The predicted molar refractivity (Wildman–Crippen MR) is 104 cm³/mol. The molecule has 0 radical (unpaired) electrons. The summed E-state index contributed by atoms with van der Waals surface area (Å²) in [6, 6.07) is 14.4. The molecule has 4 rings (SSSR count). The summed E-state index contributed by atoms with van der Waals surface area (Å²) in [5.41, 5.74) is 1.03. The Morgan fingerprint density at radius 3 is 2.56 bits per heavy atom. The molecular weight excluding hydrogens is 340 g/mol. The third-order valence-corrected chi connectivity index (χ3v) is 5.62. The molecule has 2 aliphatic heterocycles. The highest BCUT2D eigenvalue weighted by atomic mass is 16.5. The van der Waals surface area contributed by atoms with Crippen LogP contribution in [0.25, 0.3) is 10.8 Å². The molecule has 5 nitrogen and oxygen atoms in total. The van der Waals surface area contributed by atoms with E-state index in [0.29, 0.717) is 39.3 Å². The van der Waals surface area contributed by atoms with E-state index in [1.54, 1.807) is 0 Å². The number of piperidine rings is 1. The minimum atomic E-state index is -0.0718. The van der Waals surface area contributed by atoms with Crippen LogP contribution in [-0.2, 0) is 20.7 Å². The number of rotatable bonds is 3. The quantitative estimate of drug-likeness (QED) is 0.839. The lowest BCUT2D eigenvalue weighted by atomic mass is 9.95. The summed E-state index contributed by atoms with van der Waals surface area (Å²) in [5.74, 6) is 0.226. The maximum absolute atomic E-state index is 12.8. The number of morpholine rings is 1. The van der Waals surface area contributed by atoms with Gasteiger partial charge in [0.1, 0.15) is 0 Å². The summed E-state index contributed by atoms with van der Waals surface area (Å²) in [4.78, 5) is 29.4. The van der Waals surface area contributed by atoms with Crippen molar-refractivity contribution < 1.29 is 14.3 Å². The van der Waals surface area contributed by atoms with Crippen molar-refractivity contribution in [3.63, 3.8) is 0 Å². The Bertz CT molecular complexity index is 829. The van der Waals surface area contributed by atoms with Gasteiger partial charge in [-0.15, -0.1) is 0 Å². The number of ether oxygens (including phenoxy) is 1. The maximum atomic E-state index is 12.8. The van der Waals surface area contributed by atoms with E-state index in [1.807, 2.05) is 28.0 Å². The van der Waals surface area contributed by atoms with Crippen molar-refractivity contribution in [2.24, 2.45) is 5.92 Å². The van der Waals surface area contributed by atoms with Crippen molar-refractivity contribution in [1.82, 2.24) is 9.80 Å². The number of amides is 2. The van der Waals surface area contributed by atoms with Gasteiger partial charge in [-0.25, -0.2) is 0 Å². The van der Waals surface area contributed by atoms with Crippen molar-refractivity contribution in [2.75, 3.05) is 39.4 Å². The van der Waals surface area contributed by atoms with Gasteiger partial charge in [-0.3, -0.25) is 9.59 Å². The second kappa shape index (κ2) is 8.09. The Balaban J connectivity index is 1.39. The molecule has 0 bridgehead atoms. The molecule has 2 aromatic rings. The fraction of sp³-hybridized carbons (Fsp3) is 0.455. The van der Waals surface area contributed by atoms with Crippen LogP contribution in [0.4, 0.5) is 0 Å². The first kappa shape index (κ1) is 18.0. The van der Waals surface area contributed by atoms with Crippen LogP contribution in [0.15, 0.2) is 42.5 Å². The molecule has 0 N–H and O–H groups in total. The number of hydrogen-bond donors (Lipinski definition) is 0. The van der Waals surface area contributed by atoms with Crippen LogP contribution in [-0.4, -0.2) is 61.0 Å². The lowest BCUT2D eigenvalue weighted by molar-refractivity contribution is -0.143. The van der Waals surface area contributed by atoms with Gasteiger partial charge in [0.15, 0.2) is 0 Å². The van der Waals surface area contributed by atoms with E-state index in [-0.39, 0.29) is 17.7 Å². The van der Waals surface area contributed by atoms with Crippen LogP contribution < -0.4 is 0 Å². The Labute approximate surface area is 159 Å². The van der Waals surface area contributed by atoms with Gasteiger partial charge in [0, 0.05) is 26.2 Å². The largest absolute Gasteiger partial charge is 0.378 e. The lowest BCUT2D eigenvalue weighted by Crippen LogP contribution is -2.49. The van der Waals surface area contributed by atoms with E-state index in [2.05, 4.69) is 24.3 Å². The minimum absolute atomic E-state index is 0.0718. The Kier molecular flexibility index (Phi) is 5.39. The summed E-state index contributed by atoms with van der Waals surface area (Å²) in [5, 5.41) is 2.34. The zero-order chi connectivity index (χ0) is 18.6. The molecular formula is C22H26N2O3. The molecule has 2 heterocycles. The summed E-state index contributed by atoms with van der Waals surface area (Å²) in [6.07, 6.45) is 2.16. The average Bonchev–Trinajstić information content (AvgIpc) is 2.74. The third kappa shape index (κ3) is 4.14. The van der Waals surface area contributed by atoms with Gasteiger partial charge in [-0.05, 0) is 29.2 Å². The van der Waals surface area contributed by atoms with Crippen LogP contribution in [0.1, 0.15) is 18.4 Å². The molecule has 2 fully saturated rings. The summed E-state index contributed by atoms with van der Waals surface area (Å²) < 4.78 is 5.34. The first-order chi connectivity index (χ1) is 13.2. The zero-order valence-electron chi connectivity index (χ0n) is 15.6. The zero-order valence-corrected chi connectivity index (χ0v) is 15.6. The van der Waals surface area contributed by atoms with Gasteiger partial charge >= 0.3 is 0 Å². The van der Waals surface area contributed by atoms with Crippen LogP contribution in [0.2, 0.25) is 0 Å². The molecule has 2 saturated heterocycles. The number of fused-ring (bicyclic) bond motifs is 1. The van der Waals surface area contributed by atoms with Crippen LogP contribution >= 0.6 is 0 Å². The van der Waals surface area contributed by atoms with E-state index in [0.717, 1.165) is 30.3 Å². The normalized spacial score (nSPS) is 20.7. The van der Waals surface area contributed by atoms with Gasteiger partial charge in [-0.1, -0.05) is 42.5 Å². The van der Waals surface area contributed by atoms with Crippen molar-refractivity contribution in [3.05, 3.63) is 48.0 Å². The number of benzene rings is 2. The van der Waals surface area contributed by atoms with Gasteiger partial charge in [0.05, 0.1) is 25.6 Å². The Hall–Kier alpha value is -2.40. The SMILES string of the molecule is O=C(Cc1ccc2ccccc2c1)N1CCCC(C(=O)N2CCOCC2)C1. The highest BCUT2D eigenvalue weighted by Gasteiger charge is 2.31. The van der Waals surface area contributed by atoms with Crippen LogP contribution in [0.5, 0.6) is 0 Å². The first-order valence-electron chi connectivity index (χ1n) is 9.83. The molecule has 2 amide bonds. The first-order valence-corrected chi connectivity index (χ1v) is 9.83. The maximum Gasteiger partial charge on any atom is 0.227 e. The van der Waals surface area contributed by atoms with E-state index >= 15 is 0 Å². The second-order valence-electron chi connectivity index (χ2n) is 7.47. The van der Waals surface area contributed by atoms with Crippen molar-refractivity contribution in [1.29, 1.82) is 0 Å². The number of carbonyl (C=O) groups is 2. The molecule has 1 atom stereocenters. The second-order valence-corrected chi connectivity index (χ2v) is 7.47. The average molecular weight is 366 g/mol. The topological polar surface area (TPSA) is 49.9 Å². The Morgan fingerprint density at radius 1 is 0.963 bits per heavy atom. The smallest absolute Gasteiger partial charge is 0.227 e. The highest BCUT2D eigenvalue weighted by molar-refractivity contribution is 5.86. The van der Waals surface area contributed by atoms with E-state index in [4.69, 9.17) is 4.74 Å². The standard InChI is InChI=1S/C22H26N2O3/c25-21(15-17-7-8-18-4-1-2-5-19(18)14-17)24-9-3-6-20(16-24)22(26)23-10-12-27-13-11-23/h1-2,4-5,7-8,14,20H,3,6,9-13,15-16H2. The van der Waals surface area contributed by atoms with E-state index < -0.39 is 0 Å². The summed E-state index contributed by atoms with van der Waals surface area (Å²) >= 11 is 0. The van der Waals surface area contributed by atoms with Crippen molar-refractivity contribution >= 4 is 22.6 Å². The monoisotopic (exact) mass is 366 g/mol. The molecule has 2 aliphatic rings. The van der Waals surface area contributed by atoms with Gasteiger partial charge in [0.25, 0.3) is 0 Å². The minimum Gasteiger partial charge on any atom is -0.378 e. The number of nitrogens with zero attached hydrogens (tertiary/aromatic N) is 2. The molecule has 0 saturated carbocycles. The van der Waals surface area contributed by atoms with Crippen molar-refractivity contribution in [2.45, 2.75) is 19.3 Å². The molecule has 0 aliphatic carbocycles. The number of likely N-dealkylation sites (tertiary alicyclic amines) is 1. The molecule has 5 heteroatoms. The molecule has 0 spiro atoms. The third-order valence-electron chi connectivity index (χ3n) is 5.62. The predicted octanol–water partition coefficient (Wildman–Crippen LogP) is 2.48. The highest BCUT2D eigenvalue weighted by Crippen LogP contribution is 2.21. The molecule has 142 valence electrons.